The average molecular weight is 343 g/mol. The highest BCUT2D eigenvalue weighted by Gasteiger charge is 2.13. The van der Waals surface area contributed by atoms with Crippen LogP contribution in [-0.4, -0.2) is 39.8 Å². The summed E-state index contributed by atoms with van der Waals surface area (Å²) in [4.78, 5) is 25.6. The van der Waals surface area contributed by atoms with E-state index in [-0.39, 0.29) is 6.54 Å². The lowest BCUT2D eigenvalue weighted by Crippen LogP contribution is -2.40. The van der Waals surface area contributed by atoms with Crippen LogP contribution in [0.3, 0.4) is 0 Å². The fourth-order valence-electron chi connectivity index (χ4n) is 2.22. The van der Waals surface area contributed by atoms with Gasteiger partial charge in [0.1, 0.15) is 0 Å². The minimum absolute atomic E-state index is 0.0116. The van der Waals surface area contributed by atoms with Crippen molar-refractivity contribution in [2.24, 2.45) is 0 Å². The lowest BCUT2D eigenvalue weighted by atomic mass is 10.2. The van der Waals surface area contributed by atoms with E-state index in [1.165, 1.54) is 0 Å². The van der Waals surface area contributed by atoms with Crippen molar-refractivity contribution in [2.75, 3.05) is 38.0 Å². The quantitative estimate of drug-likeness (QED) is 0.842. The smallest absolute Gasteiger partial charge is 0.325 e. The second kappa shape index (κ2) is 8.58. The van der Waals surface area contributed by atoms with Crippen molar-refractivity contribution in [2.45, 2.75) is 0 Å². The molecule has 2 aromatic rings. The molecule has 0 aliphatic heterocycles. The number of para-hydroxylation sites is 1. The van der Waals surface area contributed by atoms with E-state index >= 15 is 0 Å². The second-order valence-electron chi connectivity index (χ2n) is 5.26. The van der Waals surface area contributed by atoms with Gasteiger partial charge in [-0.05, 0) is 24.3 Å². The van der Waals surface area contributed by atoms with Crippen LogP contribution < -0.4 is 25.0 Å². The highest BCUT2D eigenvalue weighted by atomic mass is 16.5. The topological polar surface area (TPSA) is 79.9 Å². The first kappa shape index (κ1) is 18.1. The number of methoxy groups -OCH3 is 2. The van der Waals surface area contributed by atoms with Crippen LogP contribution in [0.25, 0.3) is 0 Å². The van der Waals surface area contributed by atoms with Gasteiger partial charge in [-0.2, -0.15) is 0 Å². The molecule has 0 unspecified atom stereocenters. The summed E-state index contributed by atoms with van der Waals surface area (Å²) >= 11 is 0. The molecule has 2 rings (SSSR count). The Hall–Kier alpha value is -3.22. The van der Waals surface area contributed by atoms with Gasteiger partial charge in [-0.15, -0.1) is 0 Å². The standard InChI is InChI=1S/C18H21N3O4/c1-21(14-9-10-15(24-2)16(11-14)25-3)12-17(22)20-18(23)19-13-7-5-4-6-8-13/h4-11H,12H2,1-3H3,(H2,19,20,22,23). The number of amides is 3. The predicted octanol–water partition coefficient (Wildman–Crippen LogP) is 2.49. The van der Waals surface area contributed by atoms with Gasteiger partial charge in [0.15, 0.2) is 11.5 Å². The first-order chi connectivity index (χ1) is 12.0. The van der Waals surface area contributed by atoms with Crippen molar-refractivity contribution in [3.05, 3.63) is 48.5 Å². The lowest BCUT2D eigenvalue weighted by molar-refractivity contribution is -0.118. The molecular formula is C18H21N3O4. The molecule has 0 heterocycles. The van der Waals surface area contributed by atoms with Crippen molar-refractivity contribution in [3.63, 3.8) is 0 Å². The predicted molar refractivity (Wildman–Crippen MR) is 96.4 cm³/mol. The highest BCUT2D eigenvalue weighted by molar-refractivity contribution is 6.02. The number of likely N-dealkylation sites (N-methyl/N-ethyl adjacent to an activating group) is 1. The van der Waals surface area contributed by atoms with Gasteiger partial charge in [0.05, 0.1) is 20.8 Å². The van der Waals surface area contributed by atoms with Crippen LogP contribution in [0.2, 0.25) is 0 Å². The summed E-state index contributed by atoms with van der Waals surface area (Å²) in [5.41, 5.74) is 1.37. The number of hydrogen-bond acceptors (Lipinski definition) is 5. The summed E-state index contributed by atoms with van der Waals surface area (Å²) < 4.78 is 10.4. The van der Waals surface area contributed by atoms with Crippen molar-refractivity contribution < 1.29 is 19.1 Å². The molecule has 132 valence electrons. The maximum atomic E-state index is 12.0. The van der Waals surface area contributed by atoms with Crippen molar-refractivity contribution in [1.82, 2.24) is 5.32 Å². The third-order valence-electron chi connectivity index (χ3n) is 3.47. The number of imide groups is 1. The number of anilines is 2. The number of carbonyl (C=O) groups excluding carboxylic acids is 2. The van der Waals surface area contributed by atoms with E-state index in [0.29, 0.717) is 17.2 Å². The average Bonchev–Trinajstić information content (AvgIpc) is 2.61. The Morgan fingerprint density at radius 1 is 1.00 bits per heavy atom. The number of carbonyl (C=O) groups is 2. The molecule has 0 aliphatic carbocycles. The minimum atomic E-state index is -0.572. The number of ether oxygens (including phenoxy) is 2. The molecule has 0 fully saturated rings. The molecule has 0 aromatic heterocycles. The maximum Gasteiger partial charge on any atom is 0.325 e. The molecule has 0 bridgehead atoms. The first-order valence-corrected chi connectivity index (χ1v) is 7.62. The molecule has 2 N–H and O–H groups in total. The molecule has 0 atom stereocenters. The summed E-state index contributed by atoms with van der Waals surface area (Å²) in [5.74, 6) is 0.742. The van der Waals surface area contributed by atoms with Crippen LogP contribution in [0.4, 0.5) is 16.2 Å². The molecule has 0 saturated carbocycles. The Labute approximate surface area is 146 Å². The summed E-state index contributed by atoms with van der Waals surface area (Å²) in [5, 5.41) is 4.89. The number of urea groups is 1. The van der Waals surface area contributed by atoms with Crippen LogP contribution in [-0.2, 0) is 4.79 Å². The van der Waals surface area contributed by atoms with Crippen LogP contribution in [0.1, 0.15) is 0 Å². The SMILES string of the molecule is COc1ccc(N(C)CC(=O)NC(=O)Nc2ccccc2)cc1OC. The molecule has 0 saturated heterocycles. The van der Waals surface area contributed by atoms with Gasteiger partial charge in [0.2, 0.25) is 5.91 Å². The van der Waals surface area contributed by atoms with Crippen molar-refractivity contribution in [3.8, 4) is 11.5 Å². The van der Waals surface area contributed by atoms with Gasteiger partial charge in [0, 0.05) is 24.5 Å². The second-order valence-corrected chi connectivity index (χ2v) is 5.26. The van der Waals surface area contributed by atoms with E-state index in [2.05, 4.69) is 10.6 Å². The molecule has 3 amide bonds. The third kappa shape index (κ3) is 5.13. The third-order valence-corrected chi connectivity index (χ3v) is 3.47. The van der Waals surface area contributed by atoms with Crippen LogP contribution in [0, 0.1) is 0 Å². The minimum Gasteiger partial charge on any atom is -0.493 e. The molecular weight excluding hydrogens is 322 g/mol. The van der Waals surface area contributed by atoms with Crippen LogP contribution in [0.15, 0.2) is 48.5 Å². The molecule has 7 nitrogen and oxygen atoms in total. The molecule has 2 aromatic carbocycles. The fraction of sp³-hybridized carbons (Fsp3) is 0.222. The van der Waals surface area contributed by atoms with Crippen molar-refractivity contribution in [1.29, 1.82) is 0 Å². The Morgan fingerprint density at radius 3 is 2.32 bits per heavy atom. The Kier molecular flexibility index (Phi) is 6.22. The van der Waals surface area contributed by atoms with Gasteiger partial charge in [-0.1, -0.05) is 18.2 Å². The van der Waals surface area contributed by atoms with Crippen molar-refractivity contribution >= 4 is 23.3 Å². The van der Waals surface area contributed by atoms with Gasteiger partial charge in [-0.25, -0.2) is 4.79 Å². The van der Waals surface area contributed by atoms with E-state index in [0.717, 1.165) is 5.69 Å². The first-order valence-electron chi connectivity index (χ1n) is 7.62. The summed E-state index contributed by atoms with van der Waals surface area (Å²) in [6.45, 7) is 0.0116. The summed E-state index contributed by atoms with van der Waals surface area (Å²) in [6, 6.07) is 13.6. The Morgan fingerprint density at radius 2 is 1.68 bits per heavy atom. The van der Waals surface area contributed by atoms with E-state index in [1.807, 2.05) is 6.07 Å². The van der Waals surface area contributed by atoms with Gasteiger partial charge < -0.3 is 19.7 Å². The Bertz CT molecular complexity index is 734. The van der Waals surface area contributed by atoms with Gasteiger partial charge in [0.25, 0.3) is 0 Å². The van der Waals surface area contributed by atoms with Gasteiger partial charge >= 0.3 is 6.03 Å². The number of nitrogens with one attached hydrogen (secondary N) is 2. The van der Waals surface area contributed by atoms with Crippen LogP contribution in [0.5, 0.6) is 11.5 Å². The number of nitrogens with zero attached hydrogens (tertiary/aromatic N) is 1. The molecule has 0 radical (unpaired) electrons. The molecule has 7 heteroatoms. The van der Waals surface area contributed by atoms with E-state index in [9.17, 15) is 9.59 Å². The zero-order valence-corrected chi connectivity index (χ0v) is 14.4. The fourth-order valence-corrected chi connectivity index (χ4v) is 2.22. The maximum absolute atomic E-state index is 12.0. The largest absolute Gasteiger partial charge is 0.493 e. The van der Waals surface area contributed by atoms with E-state index in [1.54, 1.807) is 68.6 Å². The highest BCUT2D eigenvalue weighted by Crippen LogP contribution is 2.30. The van der Waals surface area contributed by atoms with Crippen LogP contribution >= 0.6 is 0 Å². The normalized spacial score (nSPS) is 9.88. The monoisotopic (exact) mass is 343 g/mol. The van der Waals surface area contributed by atoms with E-state index in [4.69, 9.17) is 9.47 Å². The zero-order chi connectivity index (χ0) is 18.2. The summed E-state index contributed by atoms with van der Waals surface area (Å²) in [6.07, 6.45) is 0. The van der Waals surface area contributed by atoms with Gasteiger partial charge in [-0.3, -0.25) is 10.1 Å². The van der Waals surface area contributed by atoms with E-state index < -0.39 is 11.9 Å². The summed E-state index contributed by atoms with van der Waals surface area (Å²) in [7, 11) is 4.85. The number of hydrogen-bond donors (Lipinski definition) is 2. The Balaban J connectivity index is 1.92. The number of benzene rings is 2. The number of rotatable bonds is 6. The molecule has 25 heavy (non-hydrogen) atoms. The zero-order valence-electron chi connectivity index (χ0n) is 14.4. The molecule has 0 spiro atoms. The lowest BCUT2D eigenvalue weighted by Gasteiger charge is -2.20. The molecule has 0 aliphatic rings.